The highest BCUT2D eigenvalue weighted by molar-refractivity contribution is 5.94. The minimum atomic E-state index is 0.113. The molecule has 28 heavy (non-hydrogen) atoms. The topological polar surface area (TPSA) is 50.2 Å². The zero-order chi connectivity index (χ0) is 19.3. The molecule has 2 aliphatic rings. The zero-order valence-electron chi connectivity index (χ0n) is 16.6. The minimum Gasteiger partial charge on any atom is -0.337 e. The maximum absolute atomic E-state index is 13.2. The summed E-state index contributed by atoms with van der Waals surface area (Å²) in [6, 6.07) is 10.9. The minimum absolute atomic E-state index is 0.113. The number of benzene rings is 1. The fraction of sp³-hybridized carbons (Fsp3) is 0.478. The molecule has 0 radical (unpaired) electrons. The highest BCUT2D eigenvalue weighted by Crippen LogP contribution is 2.27. The van der Waals surface area contributed by atoms with Crippen LogP contribution in [-0.4, -0.2) is 39.7 Å². The molecule has 1 saturated heterocycles. The Morgan fingerprint density at radius 2 is 2.00 bits per heavy atom. The fourth-order valence-corrected chi connectivity index (χ4v) is 4.41. The Kier molecular flexibility index (Phi) is 5.91. The molecule has 5 heteroatoms. The largest absolute Gasteiger partial charge is 0.337 e. The van der Waals surface area contributed by atoms with Gasteiger partial charge in [-0.05, 0) is 44.1 Å². The summed E-state index contributed by atoms with van der Waals surface area (Å²) in [6.07, 6.45) is 8.18. The number of allylic oxidation sites excluding steroid dienone is 1. The van der Waals surface area contributed by atoms with E-state index in [2.05, 4.69) is 36.2 Å². The summed E-state index contributed by atoms with van der Waals surface area (Å²) >= 11 is 0. The van der Waals surface area contributed by atoms with Gasteiger partial charge in [0, 0.05) is 36.9 Å². The summed E-state index contributed by atoms with van der Waals surface area (Å²) in [5.74, 6) is 0.113. The molecule has 148 valence electrons. The van der Waals surface area contributed by atoms with E-state index in [0.29, 0.717) is 18.3 Å². The number of rotatable bonds is 6. The van der Waals surface area contributed by atoms with Crippen molar-refractivity contribution in [2.24, 2.45) is 0 Å². The Balaban J connectivity index is 1.52. The summed E-state index contributed by atoms with van der Waals surface area (Å²) in [4.78, 5) is 15.2. The predicted molar refractivity (Wildman–Crippen MR) is 111 cm³/mol. The van der Waals surface area contributed by atoms with Crippen molar-refractivity contribution in [3.8, 4) is 0 Å². The summed E-state index contributed by atoms with van der Waals surface area (Å²) in [5, 5.41) is 8.42. The molecule has 4 rings (SSSR count). The van der Waals surface area contributed by atoms with Crippen molar-refractivity contribution in [1.29, 1.82) is 0 Å². The number of nitrogens with one attached hydrogen (secondary N) is 1. The Morgan fingerprint density at radius 1 is 1.21 bits per heavy atom. The lowest BCUT2D eigenvalue weighted by Crippen LogP contribution is -2.38. The number of nitrogens with zero attached hydrogens (tertiary/aromatic N) is 3. The number of hydrogen-bond acceptors (Lipinski definition) is 3. The van der Waals surface area contributed by atoms with Gasteiger partial charge in [0.15, 0.2) is 5.69 Å². The van der Waals surface area contributed by atoms with Gasteiger partial charge in [0.2, 0.25) is 0 Å². The molecule has 1 aromatic heterocycles. The first-order valence-corrected chi connectivity index (χ1v) is 10.5. The number of hydrogen-bond donors (Lipinski definition) is 1. The van der Waals surface area contributed by atoms with Crippen molar-refractivity contribution in [2.45, 2.75) is 57.7 Å². The lowest BCUT2D eigenvalue weighted by Gasteiger charge is -2.27. The van der Waals surface area contributed by atoms with Crippen molar-refractivity contribution in [2.75, 3.05) is 13.1 Å². The van der Waals surface area contributed by atoms with Crippen LogP contribution in [0.3, 0.4) is 0 Å². The van der Waals surface area contributed by atoms with Crippen molar-refractivity contribution in [3.05, 3.63) is 65.5 Å². The second-order valence-corrected chi connectivity index (χ2v) is 7.90. The van der Waals surface area contributed by atoms with E-state index in [9.17, 15) is 4.79 Å². The first kappa shape index (κ1) is 18.9. The lowest BCUT2D eigenvalue weighted by atomic mass is 9.90. The molecule has 1 aromatic carbocycles. The highest BCUT2D eigenvalue weighted by atomic mass is 16.2. The summed E-state index contributed by atoms with van der Waals surface area (Å²) < 4.78 is 1.99. The number of amides is 1. The van der Waals surface area contributed by atoms with Gasteiger partial charge in [0.25, 0.3) is 5.91 Å². The van der Waals surface area contributed by atoms with Crippen LogP contribution in [0, 0.1) is 0 Å². The van der Waals surface area contributed by atoms with Gasteiger partial charge in [-0.1, -0.05) is 36.4 Å². The third kappa shape index (κ3) is 4.04. The van der Waals surface area contributed by atoms with Gasteiger partial charge in [-0.2, -0.15) is 5.10 Å². The standard InChI is InChI=1S/C23H30N4O/c1-2-13-27-21-12-11-19(24-17-18-9-5-3-6-10-18)16-20(21)22(25-27)23(28)26-14-7-4-8-15-26/h2-3,5-6,9-10,19,24H,1,4,7-8,11-17H2. The first-order valence-electron chi connectivity index (χ1n) is 10.5. The smallest absolute Gasteiger partial charge is 0.274 e. The van der Waals surface area contributed by atoms with Gasteiger partial charge < -0.3 is 10.2 Å². The van der Waals surface area contributed by atoms with Crippen LogP contribution in [0.1, 0.15) is 53.0 Å². The second-order valence-electron chi connectivity index (χ2n) is 7.90. The molecule has 0 spiro atoms. The van der Waals surface area contributed by atoms with Gasteiger partial charge in [0.05, 0.1) is 6.54 Å². The third-order valence-electron chi connectivity index (χ3n) is 5.93. The van der Waals surface area contributed by atoms with Crippen LogP contribution in [-0.2, 0) is 25.9 Å². The van der Waals surface area contributed by atoms with Crippen LogP contribution in [0.2, 0.25) is 0 Å². The summed E-state index contributed by atoms with van der Waals surface area (Å²) in [5.41, 5.74) is 4.33. The Hall–Kier alpha value is -2.40. The zero-order valence-corrected chi connectivity index (χ0v) is 16.6. The molecule has 0 bridgehead atoms. The number of carbonyl (C=O) groups is 1. The van der Waals surface area contributed by atoms with Crippen molar-refractivity contribution < 1.29 is 4.79 Å². The molecule has 2 heterocycles. The predicted octanol–water partition coefficient (Wildman–Crippen LogP) is 3.34. The van der Waals surface area contributed by atoms with Crippen molar-refractivity contribution in [3.63, 3.8) is 0 Å². The van der Waals surface area contributed by atoms with E-state index in [1.54, 1.807) is 0 Å². The Bertz CT molecular complexity index is 821. The van der Waals surface area contributed by atoms with Crippen LogP contribution >= 0.6 is 0 Å². The molecular weight excluding hydrogens is 348 g/mol. The van der Waals surface area contributed by atoms with Crippen molar-refractivity contribution >= 4 is 5.91 Å². The number of aromatic nitrogens is 2. The number of piperidine rings is 1. The van der Waals surface area contributed by atoms with E-state index in [4.69, 9.17) is 5.10 Å². The van der Waals surface area contributed by atoms with E-state index in [0.717, 1.165) is 57.3 Å². The van der Waals surface area contributed by atoms with Crippen LogP contribution in [0.15, 0.2) is 43.0 Å². The molecule has 1 atom stereocenters. The van der Waals surface area contributed by atoms with Crippen LogP contribution in [0.4, 0.5) is 0 Å². The molecule has 0 saturated carbocycles. The second kappa shape index (κ2) is 8.74. The maximum Gasteiger partial charge on any atom is 0.274 e. The SMILES string of the molecule is C=CCn1nc(C(=O)N2CCCCC2)c2c1CCC(NCc1ccccc1)C2. The quantitative estimate of drug-likeness (QED) is 0.785. The highest BCUT2D eigenvalue weighted by Gasteiger charge is 2.31. The van der Waals surface area contributed by atoms with E-state index >= 15 is 0 Å². The van der Waals surface area contributed by atoms with Crippen LogP contribution in [0.5, 0.6) is 0 Å². The van der Waals surface area contributed by atoms with Gasteiger partial charge in [-0.3, -0.25) is 9.48 Å². The normalized spacial score (nSPS) is 19.3. The molecule has 1 aliphatic heterocycles. The van der Waals surface area contributed by atoms with E-state index < -0.39 is 0 Å². The van der Waals surface area contributed by atoms with Gasteiger partial charge in [-0.15, -0.1) is 6.58 Å². The molecule has 1 unspecified atom stereocenters. The Morgan fingerprint density at radius 3 is 2.75 bits per heavy atom. The molecular formula is C23H30N4O. The average molecular weight is 379 g/mol. The van der Waals surface area contributed by atoms with E-state index in [1.165, 1.54) is 17.7 Å². The molecule has 1 amide bonds. The van der Waals surface area contributed by atoms with Gasteiger partial charge in [0.1, 0.15) is 0 Å². The number of likely N-dealkylation sites (tertiary alicyclic amines) is 1. The van der Waals surface area contributed by atoms with Gasteiger partial charge in [-0.25, -0.2) is 0 Å². The lowest BCUT2D eigenvalue weighted by molar-refractivity contribution is 0.0716. The Labute approximate surface area is 167 Å². The molecule has 1 fully saturated rings. The molecule has 2 aromatic rings. The average Bonchev–Trinajstić information content (AvgIpc) is 3.11. The fourth-order valence-electron chi connectivity index (χ4n) is 4.41. The maximum atomic E-state index is 13.2. The molecule has 1 aliphatic carbocycles. The monoisotopic (exact) mass is 378 g/mol. The number of fused-ring (bicyclic) bond motifs is 1. The van der Waals surface area contributed by atoms with Crippen molar-refractivity contribution in [1.82, 2.24) is 20.0 Å². The third-order valence-corrected chi connectivity index (χ3v) is 5.93. The van der Waals surface area contributed by atoms with Crippen LogP contribution in [0.25, 0.3) is 0 Å². The van der Waals surface area contributed by atoms with Gasteiger partial charge >= 0.3 is 0 Å². The summed E-state index contributed by atoms with van der Waals surface area (Å²) in [7, 11) is 0. The molecule has 5 nitrogen and oxygen atoms in total. The van der Waals surface area contributed by atoms with E-state index in [-0.39, 0.29) is 5.91 Å². The molecule has 1 N–H and O–H groups in total. The first-order chi connectivity index (χ1) is 13.8. The van der Waals surface area contributed by atoms with Crippen LogP contribution < -0.4 is 5.32 Å². The van der Waals surface area contributed by atoms with E-state index in [1.807, 2.05) is 21.7 Å². The number of carbonyl (C=O) groups excluding carboxylic acids is 1. The summed E-state index contributed by atoms with van der Waals surface area (Å²) in [6.45, 7) is 7.10.